The third kappa shape index (κ3) is 2.80. The van der Waals surface area contributed by atoms with E-state index in [0.29, 0.717) is 17.9 Å². The largest absolute Gasteiger partial charge is 0.374 e. The summed E-state index contributed by atoms with van der Waals surface area (Å²) in [5.41, 5.74) is 1.31. The minimum Gasteiger partial charge on any atom is -0.374 e. The van der Waals surface area contributed by atoms with Gasteiger partial charge in [0.2, 0.25) is 0 Å². The molecule has 70 valence electrons. The van der Waals surface area contributed by atoms with E-state index in [4.69, 9.17) is 16.3 Å². The fraction of sp³-hybridized carbons (Fsp3) is 0.800. The lowest BCUT2D eigenvalue weighted by Crippen LogP contribution is -2.05. The molecule has 0 aromatic heterocycles. The van der Waals surface area contributed by atoms with Crippen LogP contribution in [0.15, 0.2) is 11.6 Å². The van der Waals surface area contributed by atoms with Gasteiger partial charge in [-0.3, -0.25) is 0 Å². The van der Waals surface area contributed by atoms with Crippen molar-refractivity contribution in [1.82, 2.24) is 0 Å². The maximum Gasteiger partial charge on any atom is 0.0759 e. The van der Waals surface area contributed by atoms with Crippen molar-refractivity contribution in [2.75, 3.05) is 12.5 Å². The van der Waals surface area contributed by atoms with Gasteiger partial charge in [0.05, 0.1) is 6.10 Å². The van der Waals surface area contributed by atoms with Crippen LogP contribution in [0.2, 0.25) is 0 Å². The summed E-state index contributed by atoms with van der Waals surface area (Å²) in [5.74, 6) is 1.18. The van der Waals surface area contributed by atoms with Crippen molar-refractivity contribution < 1.29 is 4.74 Å². The maximum absolute atomic E-state index is 5.82. The van der Waals surface area contributed by atoms with E-state index in [-0.39, 0.29) is 0 Å². The number of alkyl halides is 1. The Morgan fingerprint density at radius 2 is 2.42 bits per heavy atom. The molecule has 1 fully saturated rings. The van der Waals surface area contributed by atoms with Crippen molar-refractivity contribution in [2.45, 2.75) is 32.8 Å². The molecule has 1 heterocycles. The van der Waals surface area contributed by atoms with Gasteiger partial charge in [-0.15, -0.1) is 11.6 Å². The standard InChI is InChI=1S/C10H17ClO/c1-8(2)9(7-11)6-10-4-3-5-12-10/h6,8,10H,3-5,7H2,1-2H3. The number of hydrogen-bond donors (Lipinski definition) is 0. The third-order valence-electron chi connectivity index (χ3n) is 2.26. The summed E-state index contributed by atoms with van der Waals surface area (Å²) in [7, 11) is 0. The Balaban J connectivity index is 2.50. The van der Waals surface area contributed by atoms with Gasteiger partial charge >= 0.3 is 0 Å². The number of ether oxygens (including phenoxy) is 1. The SMILES string of the molecule is CC(C)C(=CC1CCCO1)CCl. The third-order valence-corrected chi connectivity index (χ3v) is 2.57. The summed E-state index contributed by atoms with van der Waals surface area (Å²) in [5, 5.41) is 0. The van der Waals surface area contributed by atoms with Crippen molar-refractivity contribution in [1.29, 1.82) is 0 Å². The Kier molecular flexibility index (Phi) is 4.10. The van der Waals surface area contributed by atoms with Crippen LogP contribution in [0, 0.1) is 5.92 Å². The smallest absolute Gasteiger partial charge is 0.0759 e. The molecule has 0 amide bonds. The Bertz CT molecular complexity index is 157. The topological polar surface area (TPSA) is 9.23 Å². The first-order chi connectivity index (χ1) is 5.74. The summed E-state index contributed by atoms with van der Waals surface area (Å²) >= 11 is 5.82. The number of allylic oxidation sites excluding steroid dienone is 1. The van der Waals surface area contributed by atoms with Gasteiger partial charge < -0.3 is 4.74 Å². The molecule has 0 aromatic rings. The molecule has 0 radical (unpaired) electrons. The van der Waals surface area contributed by atoms with Crippen LogP contribution in [0.3, 0.4) is 0 Å². The summed E-state index contributed by atoms with van der Waals surface area (Å²) in [6, 6.07) is 0. The molecule has 1 aliphatic rings. The Morgan fingerprint density at radius 1 is 1.67 bits per heavy atom. The molecule has 1 rings (SSSR count). The molecule has 1 aliphatic heterocycles. The number of hydrogen-bond acceptors (Lipinski definition) is 1. The van der Waals surface area contributed by atoms with Crippen LogP contribution < -0.4 is 0 Å². The van der Waals surface area contributed by atoms with Gasteiger partial charge in [-0.2, -0.15) is 0 Å². The van der Waals surface area contributed by atoms with Crippen LogP contribution >= 0.6 is 11.6 Å². The van der Waals surface area contributed by atoms with E-state index in [9.17, 15) is 0 Å². The maximum atomic E-state index is 5.82. The van der Waals surface area contributed by atoms with Gasteiger partial charge in [0, 0.05) is 12.5 Å². The van der Waals surface area contributed by atoms with Gasteiger partial charge in [-0.05, 0) is 18.8 Å². The second kappa shape index (κ2) is 4.88. The molecule has 2 heteroatoms. The first kappa shape index (κ1) is 10.1. The highest BCUT2D eigenvalue weighted by Crippen LogP contribution is 2.19. The van der Waals surface area contributed by atoms with E-state index >= 15 is 0 Å². The Hall–Kier alpha value is -0.0100. The van der Waals surface area contributed by atoms with Crippen molar-refractivity contribution in [2.24, 2.45) is 5.92 Å². The fourth-order valence-corrected chi connectivity index (χ4v) is 1.76. The van der Waals surface area contributed by atoms with Crippen LogP contribution in [-0.4, -0.2) is 18.6 Å². The van der Waals surface area contributed by atoms with E-state index in [1.165, 1.54) is 12.0 Å². The van der Waals surface area contributed by atoms with Crippen molar-refractivity contribution >= 4 is 11.6 Å². The van der Waals surface area contributed by atoms with Crippen LogP contribution in [0.5, 0.6) is 0 Å². The zero-order chi connectivity index (χ0) is 8.97. The highest BCUT2D eigenvalue weighted by Gasteiger charge is 2.14. The van der Waals surface area contributed by atoms with Gasteiger partial charge in [0.1, 0.15) is 0 Å². The number of halogens is 1. The predicted molar refractivity (Wildman–Crippen MR) is 52.6 cm³/mol. The first-order valence-corrected chi connectivity index (χ1v) is 5.15. The van der Waals surface area contributed by atoms with E-state index in [1.807, 2.05) is 0 Å². The molecule has 0 saturated carbocycles. The summed E-state index contributed by atoms with van der Waals surface area (Å²) in [4.78, 5) is 0. The van der Waals surface area contributed by atoms with E-state index in [1.54, 1.807) is 0 Å². The first-order valence-electron chi connectivity index (χ1n) is 4.62. The normalized spacial score (nSPS) is 25.3. The second-order valence-corrected chi connectivity index (χ2v) is 3.85. The lowest BCUT2D eigenvalue weighted by atomic mass is 10.0. The molecule has 1 unspecified atom stereocenters. The van der Waals surface area contributed by atoms with E-state index in [0.717, 1.165) is 13.0 Å². The van der Waals surface area contributed by atoms with Gasteiger partial charge in [-0.25, -0.2) is 0 Å². The zero-order valence-corrected chi connectivity index (χ0v) is 8.60. The van der Waals surface area contributed by atoms with Crippen LogP contribution in [-0.2, 0) is 4.74 Å². The summed E-state index contributed by atoms with van der Waals surface area (Å²) < 4.78 is 5.50. The fourth-order valence-electron chi connectivity index (χ4n) is 1.36. The monoisotopic (exact) mass is 188 g/mol. The van der Waals surface area contributed by atoms with E-state index < -0.39 is 0 Å². The van der Waals surface area contributed by atoms with Gasteiger partial charge in [-0.1, -0.05) is 25.5 Å². The average molecular weight is 189 g/mol. The Labute approximate surface area is 79.7 Å². The molecule has 1 atom stereocenters. The predicted octanol–water partition coefficient (Wildman–Crippen LogP) is 2.99. The molecule has 0 aromatic carbocycles. The summed E-state index contributed by atoms with van der Waals surface area (Å²) in [6.07, 6.45) is 4.88. The van der Waals surface area contributed by atoms with Crippen molar-refractivity contribution in [3.05, 3.63) is 11.6 Å². The van der Waals surface area contributed by atoms with Crippen LogP contribution in [0.25, 0.3) is 0 Å². The Morgan fingerprint density at radius 3 is 2.83 bits per heavy atom. The number of rotatable bonds is 3. The van der Waals surface area contributed by atoms with Crippen LogP contribution in [0.1, 0.15) is 26.7 Å². The molecular formula is C10H17ClO. The average Bonchev–Trinajstić information content (AvgIpc) is 2.51. The minimum absolute atomic E-state index is 0.334. The lowest BCUT2D eigenvalue weighted by Gasteiger charge is -2.10. The molecule has 12 heavy (non-hydrogen) atoms. The summed E-state index contributed by atoms with van der Waals surface area (Å²) in [6.45, 7) is 5.25. The molecule has 0 spiro atoms. The van der Waals surface area contributed by atoms with Gasteiger partial charge in [0.15, 0.2) is 0 Å². The van der Waals surface area contributed by atoms with Crippen molar-refractivity contribution in [3.63, 3.8) is 0 Å². The lowest BCUT2D eigenvalue weighted by molar-refractivity contribution is 0.144. The van der Waals surface area contributed by atoms with Gasteiger partial charge in [0.25, 0.3) is 0 Å². The molecule has 1 saturated heterocycles. The van der Waals surface area contributed by atoms with Crippen LogP contribution in [0.4, 0.5) is 0 Å². The molecule has 0 bridgehead atoms. The minimum atomic E-state index is 0.334. The van der Waals surface area contributed by atoms with E-state index in [2.05, 4.69) is 19.9 Å². The van der Waals surface area contributed by atoms with Crippen molar-refractivity contribution in [3.8, 4) is 0 Å². The molecule has 0 N–H and O–H groups in total. The highest BCUT2D eigenvalue weighted by molar-refractivity contribution is 6.19. The highest BCUT2D eigenvalue weighted by atomic mass is 35.5. The molecule has 0 aliphatic carbocycles. The quantitative estimate of drug-likeness (QED) is 0.489. The second-order valence-electron chi connectivity index (χ2n) is 3.58. The zero-order valence-electron chi connectivity index (χ0n) is 7.85. The molecular weight excluding hydrogens is 172 g/mol. The molecule has 1 nitrogen and oxygen atoms in total.